The lowest BCUT2D eigenvalue weighted by atomic mass is 9.83. The predicted molar refractivity (Wildman–Crippen MR) is 331 cm³/mol. The van der Waals surface area contributed by atoms with Crippen LogP contribution in [0.1, 0.15) is 141 Å². The number of aliphatic carboxylic acids is 2. The molecule has 0 radical (unpaired) electrons. The van der Waals surface area contributed by atoms with Crippen LogP contribution in [0.4, 0.5) is 0 Å². The first-order chi connectivity index (χ1) is 42.3. The molecule has 0 unspecified atom stereocenters. The molecule has 1 aliphatic heterocycles. The zero-order chi connectivity index (χ0) is 65.7. The van der Waals surface area contributed by atoms with Crippen LogP contribution in [0.5, 0.6) is 11.5 Å². The van der Waals surface area contributed by atoms with E-state index in [0.717, 1.165) is 12.8 Å². The Morgan fingerprint density at radius 1 is 0.596 bits per heavy atom. The van der Waals surface area contributed by atoms with Gasteiger partial charge in [0, 0.05) is 69.4 Å². The van der Waals surface area contributed by atoms with Gasteiger partial charge >= 0.3 is 11.9 Å². The largest absolute Gasteiger partial charge is 0.508 e. The summed E-state index contributed by atoms with van der Waals surface area (Å²) in [5.74, 6) is -12.4. The molecule has 0 bridgehead atoms. The molecule has 0 spiro atoms. The van der Waals surface area contributed by atoms with Gasteiger partial charge in [-0.15, -0.1) is 0 Å². The fraction of sp³-hybridized carbons (Fsp3) is 0.538. The maximum Gasteiger partial charge on any atom is 0.307 e. The van der Waals surface area contributed by atoms with Crippen LogP contribution in [0.15, 0.2) is 83.9 Å². The van der Waals surface area contributed by atoms with Gasteiger partial charge in [-0.05, 0) is 118 Å². The molecular weight excluding hydrogens is 1150 g/mol. The summed E-state index contributed by atoms with van der Waals surface area (Å²) in [6, 6.07) is 14.5. The van der Waals surface area contributed by atoms with Crippen molar-refractivity contribution < 1.29 is 73.2 Å². The lowest BCUT2D eigenvalue weighted by Crippen LogP contribution is -2.52. The number of likely N-dealkylation sites (tertiary alicyclic amines) is 1. The van der Waals surface area contributed by atoms with E-state index in [2.05, 4.69) is 26.3 Å². The molecule has 14 N–H and O–H groups in total. The highest BCUT2D eigenvalue weighted by molar-refractivity contribution is 5.98. The van der Waals surface area contributed by atoms with E-state index in [1.807, 2.05) is 6.92 Å². The molecule has 1 saturated heterocycles. The number of aliphatic imine (C=N–C) groups is 1. The van der Waals surface area contributed by atoms with Gasteiger partial charge in [0.1, 0.15) is 17.5 Å². The molecular formula is C65H91N9O15. The summed E-state index contributed by atoms with van der Waals surface area (Å²) in [6.45, 7) is 7.80. The Labute approximate surface area is 520 Å². The summed E-state index contributed by atoms with van der Waals surface area (Å²) in [5, 5.41) is 50.3. The molecule has 1 aliphatic rings. The topological polar surface area (TPSA) is 410 Å². The number of carbonyl (C=O) groups excluding carboxylic acids is 9. The van der Waals surface area contributed by atoms with E-state index in [1.165, 1.54) is 43.3 Å². The lowest BCUT2D eigenvalue weighted by Gasteiger charge is -2.28. The second kappa shape index (κ2) is 37.3. The van der Waals surface area contributed by atoms with Crippen molar-refractivity contribution in [2.24, 2.45) is 51.8 Å². The minimum absolute atomic E-state index is 0.0364. The quantitative estimate of drug-likeness (QED) is 0.0217. The Balaban J connectivity index is 1.51. The molecule has 24 nitrogen and oxygen atoms in total. The molecule has 3 aromatic rings. The van der Waals surface area contributed by atoms with E-state index in [4.69, 9.17) is 17.2 Å². The van der Waals surface area contributed by atoms with Crippen LogP contribution in [0.3, 0.4) is 0 Å². The zero-order valence-corrected chi connectivity index (χ0v) is 51.5. The Morgan fingerprint density at radius 3 is 1.74 bits per heavy atom. The fourth-order valence-corrected chi connectivity index (χ4v) is 10.7. The molecule has 10 atom stereocenters. The second-order valence-electron chi connectivity index (χ2n) is 23.4. The number of hydrogen-bond acceptors (Lipinski definition) is 15. The fourth-order valence-electron chi connectivity index (χ4n) is 10.7. The third-order valence-electron chi connectivity index (χ3n) is 16.3. The summed E-state index contributed by atoms with van der Waals surface area (Å²) < 4.78 is 0. The third kappa shape index (κ3) is 25.2. The average molecular weight is 1240 g/mol. The SMILES string of the molecule is CC[C@H](C)[C@H](CC(=O)[C@H](Cc1ccccc1)NC(=O)[C@H](C)CC(=O)[C@H](Cc1ccc(O)cc1)NC(=O)CCC(=O)[C@H](CCCN=C(N)N)NC(=O)[C@@H]1CCCN1C(=O)[C@@H](C)CCCCN)C(=O)N[C@@H](CCC(=O)O)C(=O)C[C@@H](Cc1ccc(O)cc1)C(=O)O. The number of guanidine groups is 1. The maximum atomic E-state index is 14.6. The number of nitrogens with one attached hydrogen (secondary N) is 4. The average Bonchev–Trinajstić information content (AvgIpc) is 2.55. The summed E-state index contributed by atoms with van der Waals surface area (Å²) in [5.41, 5.74) is 18.4. The van der Waals surface area contributed by atoms with Crippen molar-refractivity contribution >= 4 is 70.6 Å². The Hall–Kier alpha value is -8.54. The van der Waals surface area contributed by atoms with Crippen LogP contribution in [0.2, 0.25) is 0 Å². The first-order valence-corrected chi connectivity index (χ1v) is 30.7. The molecule has 0 aliphatic carbocycles. The van der Waals surface area contributed by atoms with Gasteiger partial charge in [0.15, 0.2) is 29.1 Å². The van der Waals surface area contributed by atoms with Crippen molar-refractivity contribution in [3.63, 3.8) is 0 Å². The third-order valence-corrected chi connectivity index (χ3v) is 16.3. The highest BCUT2D eigenvalue weighted by atomic mass is 16.4. The second-order valence-corrected chi connectivity index (χ2v) is 23.4. The number of carbonyl (C=O) groups is 11. The van der Waals surface area contributed by atoms with Crippen LogP contribution in [-0.2, 0) is 72.0 Å². The number of Topliss-reactive ketones (excluding diaryl/α,β-unsaturated/α-hetero) is 4. The smallest absolute Gasteiger partial charge is 0.307 e. The van der Waals surface area contributed by atoms with Crippen molar-refractivity contribution in [1.29, 1.82) is 0 Å². The summed E-state index contributed by atoms with van der Waals surface area (Å²) in [7, 11) is 0. The van der Waals surface area contributed by atoms with Gasteiger partial charge in [0.2, 0.25) is 29.5 Å². The number of carboxylic acid groups (broad SMARTS) is 2. The Kier molecular flexibility index (Phi) is 30.6. The van der Waals surface area contributed by atoms with Crippen molar-refractivity contribution in [2.45, 2.75) is 173 Å². The van der Waals surface area contributed by atoms with Crippen LogP contribution in [0.25, 0.3) is 0 Å². The van der Waals surface area contributed by atoms with Crippen LogP contribution in [0, 0.1) is 29.6 Å². The minimum Gasteiger partial charge on any atom is -0.508 e. The normalized spacial score (nSPS) is 15.9. The number of ketones is 4. The summed E-state index contributed by atoms with van der Waals surface area (Å²) in [6.07, 6.45) is 0.489. The van der Waals surface area contributed by atoms with Crippen molar-refractivity contribution in [1.82, 2.24) is 26.2 Å². The summed E-state index contributed by atoms with van der Waals surface area (Å²) >= 11 is 0. The monoisotopic (exact) mass is 1240 g/mol. The molecule has 1 fully saturated rings. The number of amides is 5. The van der Waals surface area contributed by atoms with Gasteiger partial charge in [-0.1, -0.05) is 95.1 Å². The Bertz CT molecular complexity index is 2900. The standard InChI is InChI=1S/C65H91N9O15/c1-5-39(2)48(61(85)71-50(26-29-59(82)83)56(79)37-45(64(88)89)34-43-18-22-46(75)23-19-43)38-57(80)52(35-42-14-7-6-8-15-42)73-60(84)41(4)33-55(78)51(36-44-20-24-47(76)25-21-44)70-58(81)28-27-54(77)49(16-11-31-69-65(67)68)72-62(86)53-17-12-32-74(53)63(87)40(3)13-9-10-30-66/h6-8,14-15,18-25,39-41,45,48-53,75-76H,5,9-13,16-17,26-38,66H2,1-4H3,(H,70,81)(H,71,85)(H,72,86)(H,73,84)(H,82,83)(H,88,89)(H4,67,68,69)/t39-,40-,41+,45+,48-,49-,50-,51-,52-,53-/m0/s1. The molecule has 24 heteroatoms. The van der Waals surface area contributed by atoms with Crippen molar-refractivity contribution in [3.8, 4) is 11.5 Å². The number of nitrogens with zero attached hydrogens (tertiary/aromatic N) is 2. The van der Waals surface area contributed by atoms with E-state index < -0.39 is 145 Å². The molecule has 486 valence electrons. The number of aromatic hydroxyl groups is 2. The molecule has 1 heterocycles. The molecule has 89 heavy (non-hydrogen) atoms. The van der Waals surface area contributed by atoms with E-state index in [-0.39, 0.29) is 80.8 Å². The number of unbranched alkanes of at least 4 members (excludes halogenated alkanes) is 1. The van der Waals surface area contributed by atoms with Crippen LogP contribution in [-0.4, -0.2) is 146 Å². The van der Waals surface area contributed by atoms with E-state index in [0.29, 0.717) is 55.5 Å². The van der Waals surface area contributed by atoms with Gasteiger partial charge in [-0.25, -0.2) is 0 Å². The van der Waals surface area contributed by atoms with Crippen molar-refractivity contribution in [2.75, 3.05) is 19.6 Å². The maximum absolute atomic E-state index is 14.6. The molecule has 0 aromatic heterocycles. The van der Waals surface area contributed by atoms with Gasteiger partial charge < -0.3 is 63.8 Å². The highest BCUT2D eigenvalue weighted by Crippen LogP contribution is 2.26. The first kappa shape index (κ1) is 72.9. The number of rotatable bonds is 41. The lowest BCUT2D eigenvalue weighted by molar-refractivity contribution is -0.144. The van der Waals surface area contributed by atoms with E-state index in [1.54, 1.807) is 61.2 Å². The van der Waals surface area contributed by atoms with Gasteiger partial charge in [0.25, 0.3) is 0 Å². The van der Waals surface area contributed by atoms with Crippen LogP contribution < -0.4 is 38.5 Å². The van der Waals surface area contributed by atoms with Gasteiger partial charge in [-0.3, -0.25) is 57.7 Å². The number of nitrogens with two attached hydrogens (primary N) is 3. The highest BCUT2D eigenvalue weighted by Gasteiger charge is 2.39. The van der Waals surface area contributed by atoms with Gasteiger partial charge in [-0.2, -0.15) is 0 Å². The van der Waals surface area contributed by atoms with E-state index >= 15 is 0 Å². The van der Waals surface area contributed by atoms with Crippen molar-refractivity contribution in [3.05, 3.63) is 95.6 Å². The molecule has 3 aromatic carbocycles. The van der Waals surface area contributed by atoms with Crippen LogP contribution >= 0.6 is 0 Å². The van der Waals surface area contributed by atoms with E-state index in [9.17, 15) is 73.2 Å². The summed E-state index contributed by atoms with van der Waals surface area (Å²) in [4.78, 5) is 156. The predicted octanol–water partition coefficient (Wildman–Crippen LogP) is 3.97. The van der Waals surface area contributed by atoms with Gasteiger partial charge in [0.05, 0.1) is 30.1 Å². The zero-order valence-electron chi connectivity index (χ0n) is 51.5. The Morgan fingerprint density at radius 2 is 1.16 bits per heavy atom. The number of phenolic OH excluding ortho intramolecular Hbond substituents is 2. The number of carboxylic acids is 2. The molecule has 5 amide bonds. The number of hydrogen-bond donors (Lipinski definition) is 11. The molecule has 4 rings (SSSR count). The first-order valence-electron chi connectivity index (χ1n) is 30.7. The number of phenols is 2. The number of benzene rings is 3. The molecule has 0 saturated carbocycles. The minimum atomic E-state index is -1.44.